The second-order valence-corrected chi connectivity index (χ2v) is 8.57. The van der Waals surface area contributed by atoms with E-state index in [1.54, 1.807) is 18.2 Å². The number of rotatable bonds is 19. The van der Waals surface area contributed by atoms with Gasteiger partial charge in [-0.2, -0.15) is 0 Å². The van der Waals surface area contributed by atoms with Gasteiger partial charge < -0.3 is 10.4 Å². The molecule has 1 aromatic rings. The van der Waals surface area contributed by atoms with Crippen LogP contribution in [0.3, 0.4) is 0 Å². The van der Waals surface area contributed by atoms with Gasteiger partial charge in [0.15, 0.2) is 5.78 Å². The van der Waals surface area contributed by atoms with Gasteiger partial charge in [-0.05, 0) is 18.1 Å². The van der Waals surface area contributed by atoms with E-state index in [4.69, 9.17) is 0 Å². The summed E-state index contributed by atoms with van der Waals surface area (Å²) in [5.41, 5.74) is 0.608. The number of para-hydroxylation sites is 1. The molecule has 0 aromatic heterocycles. The lowest BCUT2D eigenvalue weighted by Gasteiger charge is -2.17. The first-order chi connectivity index (χ1) is 14.6. The molecule has 0 heterocycles. The maximum atomic E-state index is 12.9. The van der Waals surface area contributed by atoms with Crippen LogP contribution in [0.25, 0.3) is 0 Å². The van der Waals surface area contributed by atoms with Crippen molar-refractivity contribution in [3.63, 3.8) is 0 Å². The number of phenolic OH excluding ortho intramolecular Hbond substituents is 1. The van der Waals surface area contributed by atoms with Crippen molar-refractivity contribution in [3.8, 4) is 5.75 Å². The normalized spacial score (nSPS) is 11.0. The highest BCUT2D eigenvalue weighted by Crippen LogP contribution is 2.30. The van der Waals surface area contributed by atoms with Gasteiger partial charge in [0, 0.05) is 6.42 Å². The Bertz CT molecular complexity index is 584. The van der Waals surface area contributed by atoms with E-state index in [-0.39, 0.29) is 11.5 Å². The van der Waals surface area contributed by atoms with Gasteiger partial charge in [0.1, 0.15) is 5.75 Å². The molecule has 1 aromatic carbocycles. The van der Waals surface area contributed by atoms with Gasteiger partial charge in [-0.1, -0.05) is 110 Å². The third kappa shape index (κ3) is 10.8. The number of amides is 1. The molecule has 0 unspecified atom stereocenters. The Morgan fingerprint density at radius 3 is 1.97 bits per heavy atom. The number of nitrogens with one attached hydrogen (secondary N) is 1. The van der Waals surface area contributed by atoms with Gasteiger partial charge in [-0.15, -0.1) is 0 Å². The number of unbranched alkanes of at least 4 members (excludes halogenated alkanes) is 10. The molecule has 0 spiro atoms. The van der Waals surface area contributed by atoms with Gasteiger partial charge in [0.05, 0.1) is 11.3 Å². The molecule has 0 aliphatic carbocycles. The van der Waals surface area contributed by atoms with E-state index in [2.05, 4.69) is 19.2 Å². The molecule has 0 aliphatic heterocycles. The standard InChI is InChI=1S/C26H43NO3/c1-3-5-7-9-11-13-16-22(17-14-12-10-8-6-4-2)20-25(29)23-18-15-19-24(26(23)30)27-21-28/h15,18-19,21-22,30H,3-14,16-17,20H2,1-2H3,(H,27,28). The zero-order valence-electron chi connectivity index (χ0n) is 19.3. The summed E-state index contributed by atoms with van der Waals surface area (Å²) in [5, 5.41) is 12.8. The quantitative estimate of drug-likeness (QED) is 0.105. The number of Topliss-reactive ketones (excluding diaryl/α,β-unsaturated/α-hetero) is 1. The average Bonchev–Trinajstić information content (AvgIpc) is 2.74. The lowest BCUT2D eigenvalue weighted by atomic mass is 9.88. The Kier molecular flexibility index (Phi) is 14.8. The molecule has 4 heteroatoms. The number of carbonyl (C=O) groups excluding carboxylic acids is 2. The molecule has 170 valence electrons. The molecule has 0 atom stereocenters. The number of ketones is 1. The van der Waals surface area contributed by atoms with Crippen molar-refractivity contribution in [2.75, 3.05) is 5.32 Å². The summed E-state index contributed by atoms with van der Waals surface area (Å²) in [6.07, 6.45) is 18.3. The number of hydrogen-bond acceptors (Lipinski definition) is 3. The summed E-state index contributed by atoms with van der Waals surface area (Å²) >= 11 is 0. The Morgan fingerprint density at radius 2 is 1.43 bits per heavy atom. The molecule has 1 rings (SSSR count). The van der Waals surface area contributed by atoms with Crippen LogP contribution in [0.1, 0.15) is 121 Å². The first kappa shape index (κ1) is 26.2. The summed E-state index contributed by atoms with van der Waals surface area (Å²) in [6, 6.07) is 4.96. The minimum atomic E-state index is -0.118. The fourth-order valence-electron chi connectivity index (χ4n) is 4.10. The number of hydrogen-bond donors (Lipinski definition) is 2. The van der Waals surface area contributed by atoms with E-state index in [1.807, 2.05) is 0 Å². The summed E-state index contributed by atoms with van der Waals surface area (Å²) in [7, 11) is 0. The molecule has 0 saturated carbocycles. The van der Waals surface area contributed by atoms with Crippen molar-refractivity contribution in [1.82, 2.24) is 0 Å². The molecule has 0 aliphatic rings. The van der Waals surface area contributed by atoms with E-state index in [0.29, 0.717) is 30.0 Å². The fraction of sp³-hybridized carbons (Fsp3) is 0.692. The third-order valence-electron chi connectivity index (χ3n) is 5.96. The van der Waals surface area contributed by atoms with Gasteiger partial charge in [0.25, 0.3) is 0 Å². The van der Waals surface area contributed by atoms with Gasteiger partial charge >= 0.3 is 0 Å². The lowest BCUT2D eigenvalue weighted by Crippen LogP contribution is -2.10. The first-order valence-corrected chi connectivity index (χ1v) is 12.2. The Labute approximate surface area is 183 Å². The van der Waals surface area contributed by atoms with Crippen LogP contribution in [-0.4, -0.2) is 17.3 Å². The molecule has 30 heavy (non-hydrogen) atoms. The van der Waals surface area contributed by atoms with E-state index in [9.17, 15) is 14.7 Å². The minimum Gasteiger partial charge on any atom is -0.505 e. The number of anilines is 1. The molecule has 1 amide bonds. The Balaban J connectivity index is 2.60. The van der Waals surface area contributed by atoms with Crippen molar-refractivity contribution >= 4 is 17.9 Å². The Hall–Kier alpha value is -1.84. The number of phenols is 1. The zero-order chi connectivity index (χ0) is 22.0. The zero-order valence-corrected chi connectivity index (χ0v) is 19.3. The molecular weight excluding hydrogens is 374 g/mol. The van der Waals surface area contributed by atoms with Gasteiger partial charge in [-0.3, -0.25) is 9.59 Å². The predicted molar refractivity (Wildman–Crippen MR) is 126 cm³/mol. The molecule has 0 bridgehead atoms. The first-order valence-electron chi connectivity index (χ1n) is 12.2. The summed E-state index contributed by atoms with van der Waals surface area (Å²) in [5.74, 6) is 0.230. The van der Waals surface area contributed by atoms with E-state index < -0.39 is 0 Å². The smallest absolute Gasteiger partial charge is 0.211 e. The highest BCUT2D eigenvalue weighted by molar-refractivity contribution is 6.01. The SMILES string of the molecule is CCCCCCCCC(CCCCCCCC)CC(=O)c1cccc(NC=O)c1O. The molecule has 2 N–H and O–H groups in total. The van der Waals surface area contributed by atoms with Crippen LogP contribution in [0.15, 0.2) is 18.2 Å². The molecule has 0 fully saturated rings. The highest BCUT2D eigenvalue weighted by atomic mass is 16.3. The van der Waals surface area contributed by atoms with Crippen LogP contribution in [0, 0.1) is 5.92 Å². The molecule has 0 radical (unpaired) electrons. The lowest BCUT2D eigenvalue weighted by molar-refractivity contribution is -0.105. The Morgan fingerprint density at radius 1 is 0.900 bits per heavy atom. The van der Waals surface area contributed by atoms with Crippen molar-refractivity contribution < 1.29 is 14.7 Å². The number of carbonyl (C=O) groups is 2. The van der Waals surface area contributed by atoms with Crippen LogP contribution in [-0.2, 0) is 4.79 Å². The summed E-state index contributed by atoms with van der Waals surface area (Å²) in [4.78, 5) is 23.6. The van der Waals surface area contributed by atoms with Crippen LogP contribution < -0.4 is 5.32 Å². The maximum Gasteiger partial charge on any atom is 0.211 e. The molecule has 4 nitrogen and oxygen atoms in total. The van der Waals surface area contributed by atoms with Crippen LogP contribution in [0.4, 0.5) is 5.69 Å². The van der Waals surface area contributed by atoms with Crippen LogP contribution >= 0.6 is 0 Å². The second-order valence-electron chi connectivity index (χ2n) is 8.57. The summed E-state index contributed by atoms with van der Waals surface area (Å²) < 4.78 is 0. The highest BCUT2D eigenvalue weighted by Gasteiger charge is 2.19. The molecule has 0 saturated heterocycles. The van der Waals surface area contributed by atoms with Crippen molar-refractivity contribution in [3.05, 3.63) is 23.8 Å². The number of benzene rings is 1. The predicted octanol–water partition coefficient (Wildman–Crippen LogP) is 7.65. The minimum absolute atomic E-state index is 0.0241. The summed E-state index contributed by atoms with van der Waals surface area (Å²) in [6.45, 7) is 4.47. The van der Waals surface area contributed by atoms with E-state index in [1.165, 1.54) is 77.0 Å². The van der Waals surface area contributed by atoms with E-state index in [0.717, 1.165) is 12.8 Å². The van der Waals surface area contributed by atoms with Gasteiger partial charge in [-0.25, -0.2) is 0 Å². The van der Waals surface area contributed by atoms with Crippen LogP contribution in [0.5, 0.6) is 5.75 Å². The van der Waals surface area contributed by atoms with Gasteiger partial charge in [0.2, 0.25) is 6.41 Å². The van der Waals surface area contributed by atoms with Crippen molar-refractivity contribution in [1.29, 1.82) is 0 Å². The second kappa shape index (κ2) is 16.9. The van der Waals surface area contributed by atoms with Crippen molar-refractivity contribution in [2.45, 2.75) is 110 Å². The monoisotopic (exact) mass is 417 g/mol. The maximum absolute atomic E-state index is 12.9. The third-order valence-corrected chi connectivity index (χ3v) is 5.96. The largest absolute Gasteiger partial charge is 0.505 e. The molecular formula is C26H43NO3. The fourth-order valence-corrected chi connectivity index (χ4v) is 4.10. The van der Waals surface area contributed by atoms with Crippen molar-refractivity contribution in [2.24, 2.45) is 5.92 Å². The average molecular weight is 418 g/mol. The van der Waals surface area contributed by atoms with Crippen LogP contribution in [0.2, 0.25) is 0 Å². The van der Waals surface area contributed by atoms with E-state index >= 15 is 0 Å². The number of aromatic hydroxyl groups is 1. The topological polar surface area (TPSA) is 66.4 Å².